The van der Waals surface area contributed by atoms with Gasteiger partial charge >= 0.3 is 0 Å². The van der Waals surface area contributed by atoms with Crippen LogP contribution in [0.3, 0.4) is 0 Å². The molecule has 6 heteroatoms. The summed E-state index contributed by atoms with van der Waals surface area (Å²) in [5.41, 5.74) is 2.59. The highest BCUT2D eigenvalue weighted by atomic mass is 32.1. The molecule has 0 saturated heterocycles. The Bertz CT molecular complexity index is 615. The second-order valence-electron chi connectivity index (χ2n) is 3.64. The van der Waals surface area contributed by atoms with Crippen molar-refractivity contribution in [3.8, 4) is 17.5 Å². The number of nitriles is 1. The van der Waals surface area contributed by atoms with Crippen molar-refractivity contribution in [2.75, 3.05) is 5.32 Å². The van der Waals surface area contributed by atoms with E-state index in [-0.39, 0.29) is 12.3 Å². The molecule has 0 fully saturated rings. The second-order valence-corrected chi connectivity index (χ2v) is 4.50. The van der Waals surface area contributed by atoms with Crippen molar-refractivity contribution < 1.29 is 4.79 Å². The number of thiazole rings is 1. The van der Waals surface area contributed by atoms with E-state index < -0.39 is 0 Å². The van der Waals surface area contributed by atoms with Gasteiger partial charge in [-0.2, -0.15) is 5.26 Å². The number of nitrogens with zero attached hydrogens (tertiary/aromatic N) is 3. The van der Waals surface area contributed by atoms with E-state index in [1.54, 1.807) is 12.3 Å². The molecule has 1 N–H and O–H groups in total. The van der Waals surface area contributed by atoms with Gasteiger partial charge in [0, 0.05) is 11.6 Å². The maximum absolute atomic E-state index is 11.2. The lowest BCUT2D eigenvalue weighted by atomic mass is 10.2. The zero-order valence-corrected chi connectivity index (χ0v) is 10.5. The molecule has 0 aliphatic rings. The summed E-state index contributed by atoms with van der Waals surface area (Å²) in [4.78, 5) is 19.7. The van der Waals surface area contributed by atoms with Crippen LogP contribution in [0.2, 0.25) is 0 Å². The van der Waals surface area contributed by atoms with E-state index in [1.807, 2.05) is 24.4 Å². The highest BCUT2D eigenvalue weighted by Gasteiger charge is 2.08. The van der Waals surface area contributed by atoms with Gasteiger partial charge < -0.3 is 5.32 Å². The highest BCUT2D eigenvalue weighted by molar-refractivity contribution is 7.14. The summed E-state index contributed by atoms with van der Waals surface area (Å²) in [6.07, 6.45) is 1.55. The van der Waals surface area contributed by atoms with Crippen molar-refractivity contribution in [3.63, 3.8) is 0 Å². The molecule has 0 bridgehead atoms. The lowest BCUT2D eigenvalue weighted by Crippen LogP contribution is -2.09. The molecule has 0 atom stereocenters. The Labute approximate surface area is 108 Å². The first-order chi connectivity index (χ1) is 8.69. The van der Waals surface area contributed by atoms with Gasteiger partial charge in [-0.15, -0.1) is 11.3 Å². The fourth-order valence-electron chi connectivity index (χ4n) is 1.36. The van der Waals surface area contributed by atoms with Crippen LogP contribution in [-0.4, -0.2) is 15.9 Å². The van der Waals surface area contributed by atoms with E-state index in [2.05, 4.69) is 15.3 Å². The van der Waals surface area contributed by atoms with Crippen LogP contribution in [-0.2, 0) is 4.79 Å². The van der Waals surface area contributed by atoms with E-state index >= 15 is 0 Å². The maximum atomic E-state index is 11.2. The lowest BCUT2D eigenvalue weighted by Gasteiger charge is -1.97. The largest absolute Gasteiger partial charge is 0.301 e. The van der Waals surface area contributed by atoms with Gasteiger partial charge in [-0.25, -0.2) is 4.98 Å². The van der Waals surface area contributed by atoms with Crippen molar-refractivity contribution in [3.05, 3.63) is 29.3 Å². The minimum Gasteiger partial charge on any atom is -0.301 e. The summed E-state index contributed by atoms with van der Waals surface area (Å²) in [5.74, 6) is -0.351. The van der Waals surface area contributed by atoms with Crippen LogP contribution in [0, 0.1) is 18.3 Å². The van der Waals surface area contributed by atoms with Gasteiger partial charge in [0.25, 0.3) is 0 Å². The Hall–Kier alpha value is -2.26. The first kappa shape index (κ1) is 12.2. The maximum Gasteiger partial charge on any atom is 0.240 e. The Balaban J connectivity index is 2.16. The first-order valence-corrected chi connectivity index (χ1v) is 6.12. The van der Waals surface area contributed by atoms with Crippen LogP contribution in [0.4, 0.5) is 5.13 Å². The van der Waals surface area contributed by atoms with Gasteiger partial charge in [-0.05, 0) is 24.6 Å². The van der Waals surface area contributed by atoms with Crippen LogP contribution in [0.25, 0.3) is 11.4 Å². The van der Waals surface area contributed by atoms with Crippen molar-refractivity contribution in [1.29, 1.82) is 5.26 Å². The van der Waals surface area contributed by atoms with Crippen LogP contribution in [0.1, 0.15) is 12.0 Å². The minimum absolute atomic E-state index is 0.169. The van der Waals surface area contributed by atoms with Crippen molar-refractivity contribution >= 4 is 22.4 Å². The zero-order valence-electron chi connectivity index (χ0n) is 9.67. The van der Waals surface area contributed by atoms with Crippen LogP contribution >= 0.6 is 11.3 Å². The fraction of sp³-hybridized carbons (Fsp3) is 0.167. The predicted octanol–water partition coefficient (Wildman–Crippen LogP) is 2.37. The summed E-state index contributed by atoms with van der Waals surface area (Å²) >= 11 is 1.31. The van der Waals surface area contributed by atoms with Crippen molar-refractivity contribution in [2.24, 2.45) is 0 Å². The van der Waals surface area contributed by atoms with Gasteiger partial charge in [0.1, 0.15) is 12.1 Å². The lowest BCUT2D eigenvalue weighted by molar-refractivity contribution is -0.115. The fourth-order valence-corrected chi connectivity index (χ4v) is 2.08. The molecule has 0 radical (unpaired) electrons. The van der Waals surface area contributed by atoms with Crippen LogP contribution in [0.5, 0.6) is 0 Å². The Morgan fingerprint density at radius 3 is 3.11 bits per heavy atom. The number of nitrogens with one attached hydrogen (secondary N) is 1. The van der Waals surface area contributed by atoms with E-state index in [9.17, 15) is 4.79 Å². The number of hydrogen-bond donors (Lipinski definition) is 1. The molecule has 0 unspecified atom stereocenters. The number of rotatable bonds is 3. The van der Waals surface area contributed by atoms with Gasteiger partial charge in [0.2, 0.25) is 5.91 Å². The van der Waals surface area contributed by atoms with Gasteiger partial charge in [0.05, 0.1) is 11.8 Å². The molecule has 0 spiro atoms. The van der Waals surface area contributed by atoms with Crippen LogP contribution in [0.15, 0.2) is 23.7 Å². The van der Waals surface area contributed by atoms with E-state index in [4.69, 9.17) is 5.26 Å². The highest BCUT2D eigenvalue weighted by Crippen LogP contribution is 2.23. The molecular formula is C12H10N4OS. The molecule has 2 heterocycles. The standard InChI is InChI=1S/C12H10N4OS/c1-8-3-5-14-9(6-8)10-7-18-12(15-10)16-11(17)2-4-13/h3,5-7H,2H2,1H3,(H,15,16,17). The molecule has 0 saturated carbocycles. The number of hydrogen-bond acceptors (Lipinski definition) is 5. The molecule has 2 rings (SSSR count). The van der Waals surface area contributed by atoms with Crippen molar-refractivity contribution in [2.45, 2.75) is 13.3 Å². The number of aryl methyl sites for hydroxylation is 1. The summed E-state index contributed by atoms with van der Waals surface area (Å²) in [6, 6.07) is 5.62. The second kappa shape index (κ2) is 5.38. The topological polar surface area (TPSA) is 78.7 Å². The smallest absolute Gasteiger partial charge is 0.240 e. The molecule has 2 aromatic heterocycles. The number of anilines is 1. The molecule has 0 aliphatic carbocycles. The quantitative estimate of drug-likeness (QED) is 0.916. The third-order valence-corrected chi connectivity index (χ3v) is 2.93. The Kier molecular flexibility index (Phi) is 3.65. The summed E-state index contributed by atoms with van der Waals surface area (Å²) in [5, 5.41) is 13.3. The number of aromatic nitrogens is 2. The average Bonchev–Trinajstić information content (AvgIpc) is 2.78. The molecule has 5 nitrogen and oxygen atoms in total. The number of pyridine rings is 1. The van der Waals surface area contributed by atoms with E-state index in [0.717, 1.165) is 17.0 Å². The third kappa shape index (κ3) is 2.90. The third-order valence-electron chi connectivity index (χ3n) is 2.17. The molecule has 0 aromatic carbocycles. The van der Waals surface area contributed by atoms with Gasteiger partial charge in [-0.3, -0.25) is 9.78 Å². The van der Waals surface area contributed by atoms with Crippen molar-refractivity contribution in [1.82, 2.24) is 9.97 Å². The minimum atomic E-state index is -0.351. The van der Waals surface area contributed by atoms with Gasteiger partial charge in [-0.1, -0.05) is 0 Å². The number of amides is 1. The van der Waals surface area contributed by atoms with E-state index in [0.29, 0.717) is 5.13 Å². The predicted molar refractivity (Wildman–Crippen MR) is 68.9 cm³/mol. The number of carbonyl (C=O) groups is 1. The Morgan fingerprint density at radius 1 is 1.56 bits per heavy atom. The monoisotopic (exact) mass is 258 g/mol. The van der Waals surface area contributed by atoms with Gasteiger partial charge in [0.15, 0.2) is 5.13 Å². The first-order valence-electron chi connectivity index (χ1n) is 5.24. The summed E-state index contributed by atoms with van der Waals surface area (Å²) < 4.78 is 0. The molecular weight excluding hydrogens is 248 g/mol. The normalized spacial score (nSPS) is 9.78. The summed E-state index contributed by atoms with van der Waals surface area (Å²) in [7, 11) is 0. The molecule has 2 aromatic rings. The molecule has 18 heavy (non-hydrogen) atoms. The molecule has 0 aliphatic heterocycles. The SMILES string of the molecule is Cc1ccnc(-c2csc(NC(=O)CC#N)n2)c1. The van der Waals surface area contributed by atoms with E-state index in [1.165, 1.54) is 11.3 Å². The molecule has 1 amide bonds. The number of carbonyl (C=O) groups excluding carboxylic acids is 1. The molecule has 90 valence electrons. The Morgan fingerprint density at radius 2 is 2.39 bits per heavy atom. The van der Waals surface area contributed by atoms with Crippen LogP contribution < -0.4 is 5.32 Å². The summed E-state index contributed by atoms with van der Waals surface area (Å²) in [6.45, 7) is 1.98. The zero-order chi connectivity index (χ0) is 13.0. The average molecular weight is 258 g/mol.